The number of carbonyl (C=O) groups is 3. The van der Waals surface area contributed by atoms with Crippen molar-refractivity contribution in [1.82, 2.24) is 10.2 Å². The second-order valence-electron chi connectivity index (χ2n) is 8.53. The Morgan fingerprint density at radius 3 is 2.65 bits per heavy atom. The van der Waals surface area contributed by atoms with Gasteiger partial charge >= 0.3 is 0 Å². The van der Waals surface area contributed by atoms with Gasteiger partial charge in [0.05, 0.1) is 11.4 Å². The number of piperidine rings is 1. The van der Waals surface area contributed by atoms with Crippen molar-refractivity contribution < 1.29 is 19.1 Å². The molecule has 0 radical (unpaired) electrons. The Bertz CT molecular complexity index is 837. The maximum absolute atomic E-state index is 13.4. The molecule has 8 nitrogen and oxygen atoms in total. The Hall–Kier alpha value is -2.61. The number of nitrogens with one attached hydrogen (secondary N) is 1. The summed E-state index contributed by atoms with van der Waals surface area (Å²) in [5.74, 6) is -0.251. The highest BCUT2D eigenvalue weighted by Crippen LogP contribution is 2.40. The molecule has 0 spiro atoms. The molecule has 2 fully saturated rings. The summed E-state index contributed by atoms with van der Waals surface area (Å²) in [4.78, 5) is 44.5. The van der Waals surface area contributed by atoms with Gasteiger partial charge in [0.15, 0.2) is 0 Å². The zero-order valence-corrected chi connectivity index (χ0v) is 18.3. The fraction of sp³-hybridized carbons (Fsp3) is 0.609. The molecule has 3 aliphatic rings. The minimum absolute atomic E-state index is 0.00233. The second-order valence-corrected chi connectivity index (χ2v) is 8.53. The number of hydrogen-bond donors (Lipinski definition) is 1. The summed E-state index contributed by atoms with van der Waals surface area (Å²) >= 11 is 0. The minimum atomic E-state index is -0.234. The normalized spacial score (nSPS) is 20.5. The molecule has 3 amide bonds. The first-order chi connectivity index (χ1) is 15.1. The van der Waals surface area contributed by atoms with E-state index in [9.17, 15) is 14.4 Å². The van der Waals surface area contributed by atoms with E-state index in [1.807, 2.05) is 17.0 Å². The summed E-state index contributed by atoms with van der Waals surface area (Å²) in [6, 6.07) is 5.39. The first-order valence-electron chi connectivity index (χ1n) is 11.4. The molecule has 0 bridgehead atoms. The second kappa shape index (κ2) is 9.68. The topological polar surface area (TPSA) is 82.2 Å². The van der Waals surface area contributed by atoms with Crippen molar-refractivity contribution in [2.24, 2.45) is 0 Å². The van der Waals surface area contributed by atoms with Crippen LogP contribution in [0.2, 0.25) is 0 Å². The van der Waals surface area contributed by atoms with Crippen LogP contribution in [0.1, 0.15) is 48.9 Å². The molecule has 168 valence electrons. The molecule has 1 aromatic rings. The lowest BCUT2D eigenvalue weighted by atomic mass is 9.95. The summed E-state index contributed by atoms with van der Waals surface area (Å²) in [7, 11) is 1.63. The highest BCUT2D eigenvalue weighted by molar-refractivity contribution is 6.09. The van der Waals surface area contributed by atoms with Crippen molar-refractivity contribution in [3.05, 3.63) is 23.8 Å². The average molecular weight is 429 g/mol. The van der Waals surface area contributed by atoms with E-state index in [-0.39, 0.29) is 30.3 Å². The van der Waals surface area contributed by atoms with Gasteiger partial charge in [-0.25, -0.2) is 0 Å². The third-order valence-electron chi connectivity index (χ3n) is 6.42. The number of methoxy groups -OCH3 is 1. The molecule has 3 aliphatic heterocycles. The molecule has 31 heavy (non-hydrogen) atoms. The van der Waals surface area contributed by atoms with E-state index >= 15 is 0 Å². The van der Waals surface area contributed by atoms with Crippen LogP contribution >= 0.6 is 0 Å². The number of likely N-dealkylation sites (tertiary alicyclic amines) is 1. The lowest BCUT2D eigenvalue weighted by Crippen LogP contribution is -2.57. The summed E-state index contributed by atoms with van der Waals surface area (Å²) < 4.78 is 5.02. The lowest BCUT2D eigenvalue weighted by molar-refractivity contribution is -0.125. The third kappa shape index (κ3) is 4.54. The Balaban J connectivity index is 1.59. The fourth-order valence-electron chi connectivity index (χ4n) is 4.80. The van der Waals surface area contributed by atoms with Gasteiger partial charge in [-0.3, -0.25) is 19.3 Å². The van der Waals surface area contributed by atoms with Gasteiger partial charge < -0.3 is 19.9 Å². The van der Waals surface area contributed by atoms with Crippen LogP contribution in [0.3, 0.4) is 0 Å². The molecule has 8 heteroatoms. The molecule has 2 saturated heterocycles. The molecular formula is C23H32N4O4. The summed E-state index contributed by atoms with van der Waals surface area (Å²) in [6.45, 7) is 3.41. The van der Waals surface area contributed by atoms with Gasteiger partial charge in [0.2, 0.25) is 11.8 Å². The number of benzene rings is 1. The Morgan fingerprint density at radius 2 is 1.87 bits per heavy atom. The summed E-state index contributed by atoms with van der Waals surface area (Å²) in [6.07, 6.45) is 5.61. The van der Waals surface area contributed by atoms with Crippen LogP contribution in [0, 0.1) is 0 Å². The van der Waals surface area contributed by atoms with E-state index in [1.165, 1.54) is 0 Å². The van der Waals surface area contributed by atoms with Crippen LogP contribution in [0.4, 0.5) is 11.4 Å². The summed E-state index contributed by atoms with van der Waals surface area (Å²) in [5.41, 5.74) is 2.18. The first kappa shape index (κ1) is 21.6. The quantitative estimate of drug-likeness (QED) is 0.670. The zero-order valence-electron chi connectivity index (χ0n) is 18.3. The van der Waals surface area contributed by atoms with Crippen LogP contribution in [0.25, 0.3) is 0 Å². The molecule has 0 saturated carbocycles. The van der Waals surface area contributed by atoms with Crippen molar-refractivity contribution >= 4 is 29.1 Å². The molecule has 1 atom stereocenters. The van der Waals surface area contributed by atoms with Crippen molar-refractivity contribution in [3.8, 4) is 0 Å². The number of fused-ring (bicyclic) bond motifs is 3. The average Bonchev–Trinajstić information content (AvgIpc) is 3.34. The van der Waals surface area contributed by atoms with E-state index in [4.69, 9.17) is 4.74 Å². The Kier molecular flexibility index (Phi) is 6.75. The Morgan fingerprint density at radius 1 is 1.10 bits per heavy atom. The van der Waals surface area contributed by atoms with Crippen LogP contribution < -0.4 is 15.1 Å². The number of rotatable bonds is 7. The molecule has 3 heterocycles. The van der Waals surface area contributed by atoms with E-state index < -0.39 is 0 Å². The maximum Gasteiger partial charge on any atom is 0.253 e. The SMILES string of the molecule is COCCCNC(=O)CN1C(=O)[C@H]2CCCCN2c2ccc(C(=O)N3CCCC3)cc21. The summed E-state index contributed by atoms with van der Waals surface area (Å²) in [5, 5.41) is 2.87. The largest absolute Gasteiger partial charge is 0.385 e. The van der Waals surface area contributed by atoms with Gasteiger partial charge in [0.1, 0.15) is 12.6 Å². The molecule has 0 unspecified atom stereocenters. The zero-order chi connectivity index (χ0) is 21.8. The predicted octanol–water partition coefficient (Wildman–Crippen LogP) is 1.78. The number of hydrogen-bond acceptors (Lipinski definition) is 5. The van der Waals surface area contributed by atoms with Gasteiger partial charge in [-0.15, -0.1) is 0 Å². The molecule has 0 aromatic heterocycles. The third-order valence-corrected chi connectivity index (χ3v) is 6.42. The monoisotopic (exact) mass is 428 g/mol. The smallest absolute Gasteiger partial charge is 0.253 e. The van der Waals surface area contributed by atoms with Crippen LogP contribution in [-0.4, -0.2) is 75.1 Å². The first-order valence-corrected chi connectivity index (χ1v) is 11.4. The van der Waals surface area contributed by atoms with Crippen LogP contribution in [-0.2, 0) is 14.3 Å². The van der Waals surface area contributed by atoms with Gasteiger partial charge in [-0.2, -0.15) is 0 Å². The van der Waals surface area contributed by atoms with Crippen molar-refractivity contribution in [2.75, 3.05) is 56.2 Å². The highest BCUT2D eigenvalue weighted by atomic mass is 16.5. The highest BCUT2D eigenvalue weighted by Gasteiger charge is 2.40. The van der Waals surface area contributed by atoms with Crippen LogP contribution in [0.15, 0.2) is 18.2 Å². The number of ether oxygens (including phenoxy) is 1. The number of anilines is 2. The van der Waals surface area contributed by atoms with E-state index in [2.05, 4.69) is 10.2 Å². The molecular weight excluding hydrogens is 396 g/mol. The maximum atomic E-state index is 13.4. The van der Waals surface area contributed by atoms with Crippen molar-refractivity contribution in [2.45, 2.75) is 44.6 Å². The number of carbonyl (C=O) groups excluding carboxylic acids is 3. The van der Waals surface area contributed by atoms with Gasteiger partial charge in [-0.1, -0.05) is 0 Å². The van der Waals surface area contributed by atoms with Crippen LogP contribution in [0.5, 0.6) is 0 Å². The van der Waals surface area contributed by atoms with E-state index in [0.717, 1.165) is 63.8 Å². The number of amides is 3. The number of nitrogens with zero attached hydrogens (tertiary/aromatic N) is 3. The predicted molar refractivity (Wildman–Crippen MR) is 118 cm³/mol. The minimum Gasteiger partial charge on any atom is -0.385 e. The lowest BCUT2D eigenvalue weighted by Gasteiger charge is -2.45. The van der Waals surface area contributed by atoms with E-state index in [0.29, 0.717) is 24.4 Å². The standard InChI is InChI=1S/C23H32N4O4/c1-31-14-6-10-24-21(28)16-27-20-15-17(22(29)25-11-4-5-12-25)8-9-18(20)26-13-3-2-7-19(26)23(27)30/h8-9,15,19H,2-7,10-14,16H2,1H3,(H,24,28)/t19-/m1/s1. The molecule has 1 aromatic carbocycles. The van der Waals surface area contributed by atoms with Gasteiger partial charge in [0.25, 0.3) is 5.91 Å². The molecule has 4 rings (SSSR count). The van der Waals surface area contributed by atoms with E-state index in [1.54, 1.807) is 18.1 Å². The van der Waals surface area contributed by atoms with Gasteiger partial charge in [0, 0.05) is 45.5 Å². The molecule has 0 aliphatic carbocycles. The van der Waals surface area contributed by atoms with Crippen molar-refractivity contribution in [1.29, 1.82) is 0 Å². The Labute approximate surface area is 183 Å². The van der Waals surface area contributed by atoms with Gasteiger partial charge in [-0.05, 0) is 56.7 Å². The van der Waals surface area contributed by atoms with Crippen molar-refractivity contribution in [3.63, 3.8) is 0 Å². The fourth-order valence-corrected chi connectivity index (χ4v) is 4.80. The molecule has 1 N–H and O–H groups in total.